The number of aryl methyl sites for hydroxylation is 1. The van der Waals surface area contributed by atoms with E-state index in [-0.39, 0.29) is 23.7 Å². The molecule has 3 rings (SSSR count). The van der Waals surface area contributed by atoms with Gasteiger partial charge in [-0.15, -0.1) is 0 Å². The van der Waals surface area contributed by atoms with Gasteiger partial charge in [-0.1, -0.05) is 12.1 Å². The van der Waals surface area contributed by atoms with Gasteiger partial charge in [0, 0.05) is 44.4 Å². The molecule has 0 atom stereocenters. The molecule has 0 aliphatic heterocycles. The number of amides is 1. The predicted octanol–water partition coefficient (Wildman–Crippen LogP) is 2.79. The number of benzene rings is 2. The van der Waals surface area contributed by atoms with E-state index >= 15 is 0 Å². The summed E-state index contributed by atoms with van der Waals surface area (Å²) < 4.78 is 6.14. The fourth-order valence-electron chi connectivity index (χ4n) is 3.58. The van der Waals surface area contributed by atoms with E-state index in [1.807, 2.05) is 32.0 Å². The summed E-state index contributed by atoms with van der Waals surface area (Å²) in [4.78, 5) is 41.1. The van der Waals surface area contributed by atoms with Crippen LogP contribution in [0.5, 0.6) is 5.75 Å². The molecule has 1 N–H and O–H groups in total. The first-order valence-corrected chi connectivity index (χ1v) is 10.2. The molecule has 0 saturated heterocycles. The number of carbonyl (C=O) groups excluding carboxylic acids is 2. The van der Waals surface area contributed by atoms with Crippen molar-refractivity contribution in [3.8, 4) is 5.75 Å². The topological polar surface area (TPSA) is 92.1 Å². The molecule has 8 heteroatoms. The number of ether oxygens (including phenoxy) is 1. The van der Waals surface area contributed by atoms with E-state index in [1.165, 1.54) is 23.6 Å². The average Bonchev–Trinajstić information content (AvgIpc) is 2.79. The Hall–Kier alpha value is -3.81. The Morgan fingerprint density at radius 1 is 1.03 bits per heavy atom. The lowest BCUT2D eigenvalue weighted by Gasteiger charge is -2.21. The molecule has 1 amide bonds. The molecule has 1 heterocycles. The summed E-state index contributed by atoms with van der Waals surface area (Å²) in [7, 11) is 6.60. The van der Waals surface area contributed by atoms with Gasteiger partial charge in [0.25, 0.3) is 11.5 Å². The summed E-state index contributed by atoms with van der Waals surface area (Å²) in [5.41, 5.74) is 1.83. The highest BCUT2D eigenvalue weighted by molar-refractivity contribution is 6.10. The zero-order valence-corrected chi connectivity index (χ0v) is 18.9. The molecule has 2 aromatic carbocycles. The van der Waals surface area contributed by atoms with E-state index in [9.17, 15) is 19.5 Å². The van der Waals surface area contributed by atoms with Crippen molar-refractivity contribution < 1.29 is 19.4 Å². The third-order valence-electron chi connectivity index (χ3n) is 5.47. The van der Waals surface area contributed by atoms with Crippen LogP contribution in [0.2, 0.25) is 0 Å². The third-order valence-corrected chi connectivity index (χ3v) is 5.47. The SMILES string of the molecule is CCn1c(=O)c(C(=O)N(C)c2ccc(CC(=O)OC)cc2)c(O)c2cc(N(C)C)ccc21. The van der Waals surface area contributed by atoms with Gasteiger partial charge in [-0.05, 0) is 42.8 Å². The Bertz CT molecular complexity index is 1230. The Balaban J connectivity index is 2.07. The van der Waals surface area contributed by atoms with Crippen LogP contribution in [0.4, 0.5) is 11.4 Å². The van der Waals surface area contributed by atoms with E-state index in [0.717, 1.165) is 11.3 Å². The van der Waals surface area contributed by atoms with E-state index < -0.39 is 11.5 Å². The minimum absolute atomic E-state index is 0.120. The van der Waals surface area contributed by atoms with Gasteiger partial charge in [-0.3, -0.25) is 14.4 Å². The molecule has 0 unspecified atom stereocenters. The molecule has 8 nitrogen and oxygen atoms in total. The standard InChI is InChI=1S/C24H27N3O5/c1-6-27-19-12-11-17(25(2)3)14-18(19)22(29)21(24(27)31)23(30)26(4)16-9-7-15(8-10-16)13-20(28)32-5/h7-12,14,29H,6,13H2,1-5H3. The molecule has 32 heavy (non-hydrogen) atoms. The molecule has 0 spiro atoms. The fraction of sp³-hybridized carbons (Fsp3) is 0.292. The van der Waals surface area contributed by atoms with E-state index in [2.05, 4.69) is 4.74 Å². The minimum Gasteiger partial charge on any atom is -0.506 e. The van der Waals surface area contributed by atoms with Crippen LogP contribution in [-0.4, -0.2) is 49.8 Å². The van der Waals surface area contributed by atoms with Gasteiger partial charge in [-0.2, -0.15) is 0 Å². The van der Waals surface area contributed by atoms with Crippen LogP contribution in [0, 0.1) is 0 Å². The first-order chi connectivity index (χ1) is 15.2. The van der Waals surface area contributed by atoms with Crippen LogP contribution in [0.15, 0.2) is 47.3 Å². The Morgan fingerprint density at radius 2 is 1.66 bits per heavy atom. The summed E-state index contributed by atoms with van der Waals surface area (Å²) >= 11 is 0. The first kappa shape index (κ1) is 22.9. The lowest BCUT2D eigenvalue weighted by atomic mass is 10.1. The Labute approximate surface area is 186 Å². The van der Waals surface area contributed by atoms with E-state index in [4.69, 9.17) is 0 Å². The summed E-state index contributed by atoms with van der Waals surface area (Å²) in [6.07, 6.45) is 0.120. The van der Waals surface area contributed by atoms with Gasteiger partial charge < -0.3 is 24.2 Å². The van der Waals surface area contributed by atoms with Crippen molar-refractivity contribution in [1.82, 2.24) is 4.57 Å². The second-order valence-electron chi connectivity index (χ2n) is 7.65. The van der Waals surface area contributed by atoms with Crippen molar-refractivity contribution in [1.29, 1.82) is 0 Å². The van der Waals surface area contributed by atoms with Gasteiger partial charge >= 0.3 is 5.97 Å². The van der Waals surface area contributed by atoms with Gasteiger partial charge in [-0.25, -0.2) is 0 Å². The van der Waals surface area contributed by atoms with Crippen LogP contribution in [0.3, 0.4) is 0 Å². The Kier molecular flexibility index (Phi) is 6.53. The number of hydrogen-bond acceptors (Lipinski definition) is 6. The number of pyridine rings is 1. The second-order valence-corrected chi connectivity index (χ2v) is 7.65. The highest BCUT2D eigenvalue weighted by Gasteiger charge is 2.25. The van der Waals surface area contributed by atoms with Crippen molar-refractivity contribution in [2.75, 3.05) is 38.1 Å². The number of fused-ring (bicyclic) bond motifs is 1. The molecule has 0 aliphatic rings. The lowest BCUT2D eigenvalue weighted by molar-refractivity contribution is -0.139. The van der Waals surface area contributed by atoms with Crippen LogP contribution in [-0.2, 0) is 22.5 Å². The average molecular weight is 437 g/mol. The number of rotatable bonds is 6. The van der Waals surface area contributed by atoms with Crippen molar-refractivity contribution >= 4 is 34.2 Å². The number of aromatic hydroxyl groups is 1. The molecule has 0 aliphatic carbocycles. The molecular formula is C24H27N3O5. The third kappa shape index (κ3) is 4.16. The quantitative estimate of drug-likeness (QED) is 0.596. The molecule has 0 radical (unpaired) electrons. The zero-order valence-electron chi connectivity index (χ0n) is 18.9. The molecule has 0 saturated carbocycles. The van der Waals surface area contributed by atoms with Crippen molar-refractivity contribution in [2.24, 2.45) is 0 Å². The smallest absolute Gasteiger partial charge is 0.309 e. The number of methoxy groups -OCH3 is 1. The van der Waals surface area contributed by atoms with Gasteiger partial charge in [0.05, 0.1) is 19.0 Å². The molecular weight excluding hydrogens is 410 g/mol. The van der Waals surface area contributed by atoms with Crippen LogP contribution in [0.25, 0.3) is 10.9 Å². The highest BCUT2D eigenvalue weighted by Crippen LogP contribution is 2.31. The number of anilines is 2. The summed E-state index contributed by atoms with van der Waals surface area (Å²) in [5.74, 6) is -1.31. The maximum Gasteiger partial charge on any atom is 0.309 e. The minimum atomic E-state index is -0.618. The maximum atomic E-state index is 13.3. The first-order valence-electron chi connectivity index (χ1n) is 10.2. The van der Waals surface area contributed by atoms with Crippen molar-refractivity contribution in [3.63, 3.8) is 0 Å². The highest BCUT2D eigenvalue weighted by atomic mass is 16.5. The normalized spacial score (nSPS) is 10.8. The zero-order chi connectivity index (χ0) is 23.6. The second kappa shape index (κ2) is 9.13. The van der Waals surface area contributed by atoms with Gasteiger partial charge in [0.15, 0.2) is 0 Å². The van der Waals surface area contributed by atoms with E-state index in [1.54, 1.807) is 36.4 Å². The van der Waals surface area contributed by atoms with Gasteiger partial charge in [0.1, 0.15) is 11.3 Å². The Morgan fingerprint density at radius 3 is 2.22 bits per heavy atom. The number of hydrogen-bond donors (Lipinski definition) is 1. The van der Waals surface area contributed by atoms with E-state index in [0.29, 0.717) is 23.1 Å². The number of carbonyl (C=O) groups is 2. The maximum absolute atomic E-state index is 13.3. The number of esters is 1. The van der Waals surface area contributed by atoms with Crippen molar-refractivity contribution in [2.45, 2.75) is 19.9 Å². The molecule has 0 bridgehead atoms. The van der Waals surface area contributed by atoms with Crippen LogP contribution in [0.1, 0.15) is 22.8 Å². The predicted molar refractivity (Wildman–Crippen MR) is 125 cm³/mol. The summed E-state index contributed by atoms with van der Waals surface area (Å²) in [6.45, 7) is 2.17. The fourth-order valence-corrected chi connectivity index (χ4v) is 3.58. The van der Waals surface area contributed by atoms with Crippen molar-refractivity contribution in [3.05, 3.63) is 63.9 Å². The molecule has 0 fully saturated rings. The largest absolute Gasteiger partial charge is 0.506 e. The van der Waals surface area contributed by atoms with Crippen LogP contribution < -0.4 is 15.4 Å². The molecule has 168 valence electrons. The van der Waals surface area contributed by atoms with Crippen LogP contribution >= 0.6 is 0 Å². The lowest BCUT2D eigenvalue weighted by Crippen LogP contribution is -2.34. The molecule has 1 aromatic heterocycles. The molecule has 3 aromatic rings. The summed E-state index contributed by atoms with van der Waals surface area (Å²) in [5, 5.41) is 11.4. The summed E-state index contributed by atoms with van der Waals surface area (Å²) in [6, 6.07) is 12.2. The monoisotopic (exact) mass is 437 g/mol. The van der Waals surface area contributed by atoms with Gasteiger partial charge in [0.2, 0.25) is 0 Å². The number of aromatic nitrogens is 1. The number of nitrogens with zero attached hydrogens (tertiary/aromatic N) is 3.